The van der Waals surface area contributed by atoms with E-state index < -0.39 is 5.97 Å². The second-order valence-corrected chi connectivity index (χ2v) is 7.42. The zero-order valence-corrected chi connectivity index (χ0v) is 18.1. The van der Waals surface area contributed by atoms with Gasteiger partial charge in [0.25, 0.3) is 5.91 Å². The maximum atomic E-state index is 13.0. The molecule has 1 aliphatic rings. The molecule has 0 radical (unpaired) electrons. The van der Waals surface area contributed by atoms with Crippen LogP contribution in [0.3, 0.4) is 0 Å². The summed E-state index contributed by atoms with van der Waals surface area (Å²) in [5.41, 5.74) is 2.65. The first-order valence-electron chi connectivity index (χ1n) is 10.2. The normalized spacial score (nSPS) is 13.9. The van der Waals surface area contributed by atoms with Gasteiger partial charge < -0.3 is 24.3 Å². The fourth-order valence-corrected chi connectivity index (χ4v) is 3.65. The third-order valence-electron chi connectivity index (χ3n) is 5.35. The molecule has 2 aromatic rings. The van der Waals surface area contributed by atoms with Gasteiger partial charge in [-0.1, -0.05) is 6.07 Å². The minimum Gasteiger partial charge on any atom is -0.460 e. The Morgan fingerprint density at radius 1 is 1.06 bits per heavy atom. The van der Waals surface area contributed by atoms with Crippen molar-refractivity contribution in [3.8, 4) is 0 Å². The lowest BCUT2D eigenvalue weighted by molar-refractivity contribution is -0.132. The Hall–Kier alpha value is -3.20. The molecule has 166 valence electrons. The molecule has 0 unspecified atom stereocenters. The number of carbonyl (C=O) groups excluding carboxylic acids is 3. The number of nitrogens with one attached hydrogen (secondary N) is 1. The molecule has 3 heterocycles. The van der Waals surface area contributed by atoms with Crippen molar-refractivity contribution in [3.05, 3.63) is 52.6 Å². The minimum absolute atomic E-state index is 0.00112. The van der Waals surface area contributed by atoms with Crippen LogP contribution in [0.15, 0.2) is 24.4 Å². The summed E-state index contributed by atoms with van der Waals surface area (Å²) in [6.07, 6.45) is 1.92. The molecule has 1 saturated heterocycles. The molecule has 0 bridgehead atoms. The Kier molecular flexibility index (Phi) is 7.41. The monoisotopic (exact) mass is 428 g/mol. The number of H-pyrrole nitrogens is 1. The van der Waals surface area contributed by atoms with E-state index >= 15 is 0 Å². The smallest absolute Gasteiger partial charge is 0.340 e. The van der Waals surface area contributed by atoms with Crippen LogP contribution in [0.2, 0.25) is 0 Å². The molecule has 9 heteroatoms. The molecule has 9 nitrogen and oxygen atoms in total. The van der Waals surface area contributed by atoms with Gasteiger partial charge in [0, 0.05) is 50.9 Å². The van der Waals surface area contributed by atoms with Crippen LogP contribution in [0.25, 0.3) is 0 Å². The first-order chi connectivity index (χ1) is 14.9. The number of carbonyl (C=O) groups is 3. The molecule has 0 saturated carbocycles. The topological polar surface area (TPSA) is 105 Å². The number of aryl methyl sites for hydroxylation is 1. The number of hydrogen-bond donors (Lipinski definition) is 1. The lowest BCUT2D eigenvalue weighted by Crippen LogP contribution is -2.51. The molecule has 1 N–H and O–H groups in total. The molecule has 31 heavy (non-hydrogen) atoms. The van der Waals surface area contributed by atoms with E-state index in [0.717, 1.165) is 5.69 Å². The van der Waals surface area contributed by atoms with E-state index in [2.05, 4.69) is 9.97 Å². The number of aromatic amines is 1. The predicted molar refractivity (Wildman–Crippen MR) is 113 cm³/mol. The van der Waals surface area contributed by atoms with Gasteiger partial charge in [-0.05, 0) is 31.5 Å². The van der Waals surface area contributed by atoms with Gasteiger partial charge in [0.2, 0.25) is 5.91 Å². The third kappa shape index (κ3) is 5.29. The molecule has 0 atom stereocenters. The number of ether oxygens (including phenoxy) is 2. The van der Waals surface area contributed by atoms with Crippen LogP contribution in [0.5, 0.6) is 0 Å². The van der Waals surface area contributed by atoms with E-state index in [0.29, 0.717) is 55.3 Å². The first kappa shape index (κ1) is 22.5. The van der Waals surface area contributed by atoms with Crippen molar-refractivity contribution in [2.24, 2.45) is 0 Å². The Morgan fingerprint density at radius 2 is 1.77 bits per heavy atom. The number of esters is 1. The molecule has 0 spiro atoms. The number of piperazine rings is 1. The zero-order valence-electron chi connectivity index (χ0n) is 18.1. The van der Waals surface area contributed by atoms with Crippen molar-refractivity contribution in [3.63, 3.8) is 0 Å². The van der Waals surface area contributed by atoms with Gasteiger partial charge in [0.15, 0.2) is 0 Å². The van der Waals surface area contributed by atoms with E-state index in [1.807, 2.05) is 18.2 Å². The number of pyridine rings is 1. The maximum Gasteiger partial charge on any atom is 0.340 e. The summed E-state index contributed by atoms with van der Waals surface area (Å²) >= 11 is 0. The van der Waals surface area contributed by atoms with Crippen LogP contribution in [0.1, 0.15) is 37.8 Å². The highest BCUT2D eigenvalue weighted by molar-refractivity contribution is 6.00. The summed E-state index contributed by atoms with van der Waals surface area (Å²) in [6.45, 7) is 5.71. The average molecular weight is 428 g/mol. The minimum atomic E-state index is -0.479. The number of methoxy groups -OCH3 is 1. The van der Waals surface area contributed by atoms with Gasteiger partial charge >= 0.3 is 5.97 Å². The van der Waals surface area contributed by atoms with Gasteiger partial charge in [-0.15, -0.1) is 0 Å². The summed E-state index contributed by atoms with van der Waals surface area (Å²) in [7, 11) is 1.53. The van der Waals surface area contributed by atoms with Crippen molar-refractivity contribution < 1.29 is 23.9 Å². The van der Waals surface area contributed by atoms with Crippen LogP contribution in [0.4, 0.5) is 0 Å². The number of nitrogens with zero attached hydrogens (tertiary/aromatic N) is 3. The van der Waals surface area contributed by atoms with Gasteiger partial charge in [0.05, 0.1) is 18.6 Å². The van der Waals surface area contributed by atoms with Gasteiger partial charge in [-0.2, -0.15) is 0 Å². The molecule has 2 amide bonds. The number of amides is 2. The Morgan fingerprint density at radius 3 is 2.42 bits per heavy atom. The Bertz CT molecular complexity index is 933. The molecule has 1 aliphatic heterocycles. The fraction of sp³-hybridized carbons (Fsp3) is 0.455. The van der Waals surface area contributed by atoms with Crippen molar-refractivity contribution in [1.82, 2.24) is 19.8 Å². The van der Waals surface area contributed by atoms with Crippen LogP contribution in [-0.4, -0.2) is 84.1 Å². The summed E-state index contributed by atoms with van der Waals surface area (Å²) in [6, 6.07) is 5.49. The van der Waals surface area contributed by atoms with Crippen LogP contribution in [-0.2, 0) is 20.7 Å². The quantitative estimate of drug-likeness (QED) is 0.527. The second-order valence-electron chi connectivity index (χ2n) is 7.42. The highest BCUT2D eigenvalue weighted by Crippen LogP contribution is 2.21. The molecule has 2 aromatic heterocycles. The van der Waals surface area contributed by atoms with Crippen molar-refractivity contribution in [1.29, 1.82) is 0 Å². The van der Waals surface area contributed by atoms with E-state index in [1.165, 1.54) is 7.11 Å². The van der Waals surface area contributed by atoms with Gasteiger partial charge in [0.1, 0.15) is 12.3 Å². The Balaban J connectivity index is 1.60. The number of hydrogen-bond acceptors (Lipinski definition) is 6. The van der Waals surface area contributed by atoms with Crippen LogP contribution >= 0.6 is 0 Å². The summed E-state index contributed by atoms with van der Waals surface area (Å²) in [5, 5.41) is 0. The highest BCUT2D eigenvalue weighted by atomic mass is 16.6. The summed E-state index contributed by atoms with van der Waals surface area (Å²) < 4.78 is 10.1. The predicted octanol–water partition coefficient (Wildman–Crippen LogP) is 1.36. The van der Waals surface area contributed by atoms with Gasteiger partial charge in [-0.25, -0.2) is 4.79 Å². The highest BCUT2D eigenvalue weighted by Gasteiger charge is 2.29. The average Bonchev–Trinajstić information content (AvgIpc) is 3.08. The van der Waals surface area contributed by atoms with E-state index in [4.69, 9.17) is 9.47 Å². The SMILES string of the molecule is COCCOC(=O)c1c(C)[nH]c(C(=O)N2CCN(C(=O)Cc3ccccn3)CC2)c1C. The summed E-state index contributed by atoms with van der Waals surface area (Å²) in [5.74, 6) is -0.667. The molecular formula is C22H28N4O5. The standard InChI is InChI=1S/C22H28N4O5/c1-15-19(22(29)31-13-12-30-3)16(2)24-20(15)21(28)26-10-8-25(9-11-26)18(27)14-17-6-4-5-7-23-17/h4-7,24H,8-14H2,1-3H3. The molecular weight excluding hydrogens is 400 g/mol. The van der Waals surface area contributed by atoms with Gasteiger partial charge in [-0.3, -0.25) is 14.6 Å². The molecule has 0 aromatic carbocycles. The molecule has 3 rings (SSSR count). The zero-order chi connectivity index (χ0) is 22.4. The Labute approximate surface area is 181 Å². The number of aromatic nitrogens is 2. The number of rotatable bonds is 7. The lowest BCUT2D eigenvalue weighted by Gasteiger charge is -2.34. The molecule has 1 fully saturated rings. The maximum absolute atomic E-state index is 13.0. The largest absolute Gasteiger partial charge is 0.460 e. The van der Waals surface area contributed by atoms with E-state index in [9.17, 15) is 14.4 Å². The third-order valence-corrected chi connectivity index (χ3v) is 5.35. The van der Waals surface area contributed by atoms with Crippen molar-refractivity contribution in [2.45, 2.75) is 20.3 Å². The van der Waals surface area contributed by atoms with Crippen molar-refractivity contribution in [2.75, 3.05) is 46.5 Å². The second kappa shape index (κ2) is 10.2. The van der Waals surface area contributed by atoms with E-state index in [1.54, 1.807) is 29.8 Å². The first-order valence-corrected chi connectivity index (χ1v) is 10.2. The van der Waals surface area contributed by atoms with E-state index in [-0.39, 0.29) is 24.8 Å². The fourth-order valence-electron chi connectivity index (χ4n) is 3.65. The van der Waals surface area contributed by atoms with Crippen molar-refractivity contribution >= 4 is 17.8 Å². The van der Waals surface area contributed by atoms with Crippen LogP contribution < -0.4 is 0 Å². The summed E-state index contributed by atoms with van der Waals surface area (Å²) in [4.78, 5) is 48.6. The lowest BCUT2D eigenvalue weighted by atomic mass is 10.1. The van der Waals surface area contributed by atoms with Crippen LogP contribution in [0, 0.1) is 13.8 Å². The molecule has 0 aliphatic carbocycles.